The summed E-state index contributed by atoms with van der Waals surface area (Å²) < 4.78 is 11.6. The Bertz CT molecular complexity index is 192. The lowest BCUT2D eigenvalue weighted by atomic mass is 9.81. The first-order valence-corrected chi connectivity index (χ1v) is 4.92. The van der Waals surface area contributed by atoms with Crippen molar-refractivity contribution < 1.29 is 9.47 Å². The van der Waals surface area contributed by atoms with Gasteiger partial charge in [0.15, 0.2) is 5.79 Å². The van der Waals surface area contributed by atoms with Crippen molar-refractivity contribution in [1.82, 2.24) is 0 Å². The van der Waals surface area contributed by atoms with Crippen LogP contribution >= 0.6 is 0 Å². The van der Waals surface area contributed by atoms with Gasteiger partial charge in [0.25, 0.3) is 0 Å². The summed E-state index contributed by atoms with van der Waals surface area (Å²) in [6.45, 7) is 7.26. The summed E-state index contributed by atoms with van der Waals surface area (Å²) in [7, 11) is 0. The molecule has 2 nitrogen and oxygen atoms in total. The van der Waals surface area contributed by atoms with E-state index in [2.05, 4.69) is 20.8 Å². The van der Waals surface area contributed by atoms with Crippen molar-refractivity contribution in [2.75, 3.05) is 6.61 Å². The van der Waals surface area contributed by atoms with Gasteiger partial charge in [0.1, 0.15) is 0 Å². The molecule has 3 unspecified atom stereocenters. The van der Waals surface area contributed by atoms with Crippen LogP contribution in [0.3, 0.4) is 0 Å². The first kappa shape index (κ1) is 8.52. The maximum Gasteiger partial charge on any atom is 0.166 e. The van der Waals surface area contributed by atoms with Crippen LogP contribution < -0.4 is 0 Å². The molecule has 2 rings (SSSR count). The van der Waals surface area contributed by atoms with Gasteiger partial charge < -0.3 is 9.47 Å². The van der Waals surface area contributed by atoms with Crippen molar-refractivity contribution in [3.05, 3.63) is 0 Å². The van der Waals surface area contributed by atoms with Crippen molar-refractivity contribution in [3.63, 3.8) is 0 Å². The van der Waals surface area contributed by atoms with Crippen LogP contribution in [0, 0.1) is 5.92 Å². The van der Waals surface area contributed by atoms with Gasteiger partial charge in [-0.1, -0.05) is 13.3 Å². The Balaban J connectivity index is 2.18. The lowest BCUT2D eigenvalue weighted by Gasteiger charge is -2.39. The monoisotopic (exact) mass is 170 g/mol. The van der Waals surface area contributed by atoms with Gasteiger partial charge in [-0.05, 0) is 26.2 Å². The molecule has 2 aliphatic rings. The number of hydrogen-bond donors (Lipinski definition) is 0. The second-order valence-corrected chi connectivity index (χ2v) is 4.48. The van der Waals surface area contributed by atoms with Gasteiger partial charge in [0, 0.05) is 6.42 Å². The van der Waals surface area contributed by atoms with E-state index in [1.54, 1.807) is 0 Å². The maximum absolute atomic E-state index is 5.95. The summed E-state index contributed by atoms with van der Waals surface area (Å²) in [5, 5.41) is 0. The van der Waals surface area contributed by atoms with E-state index in [0.717, 1.165) is 13.0 Å². The van der Waals surface area contributed by atoms with Crippen LogP contribution in [0.2, 0.25) is 0 Å². The Labute approximate surface area is 74.2 Å². The van der Waals surface area contributed by atoms with Gasteiger partial charge >= 0.3 is 0 Å². The Morgan fingerprint density at radius 2 is 2.17 bits per heavy atom. The Morgan fingerprint density at radius 3 is 2.83 bits per heavy atom. The van der Waals surface area contributed by atoms with Crippen molar-refractivity contribution in [3.8, 4) is 0 Å². The number of fused-ring (bicyclic) bond motifs is 2. The topological polar surface area (TPSA) is 18.5 Å². The highest BCUT2D eigenvalue weighted by Gasteiger charge is 2.52. The summed E-state index contributed by atoms with van der Waals surface area (Å²) in [5.41, 5.74) is 0.00174. The zero-order valence-corrected chi connectivity index (χ0v) is 8.22. The molecule has 0 amide bonds. The molecule has 2 heterocycles. The number of ether oxygens (including phenoxy) is 2. The van der Waals surface area contributed by atoms with Crippen LogP contribution in [-0.4, -0.2) is 18.0 Å². The fourth-order valence-electron chi connectivity index (χ4n) is 2.55. The van der Waals surface area contributed by atoms with E-state index in [-0.39, 0.29) is 11.4 Å². The largest absolute Gasteiger partial charge is 0.347 e. The summed E-state index contributed by atoms with van der Waals surface area (Å²) in [5.74, 6) is 0.425. The Hall–Kier alpha value is -0.0800. The first-order chi connectivity index (χ1) is 5.58. The quantitative estimate of drug-likeness (QED) is 0.601. The van der Waals surface area contributed by atoms with Gasteiger partial charge in [0.05, 0.1) is 12.2 Å². The summed E-state index contributed by atoms with van der Waals surface area (Å²) >= 11 is 0. The average molecular weight is 170 g/mol. The fourth-order valence-corrected chi connectivity index (χ4v) is 2.55. The average Bonchev–Trinajstić information content (AvgIpc) is 2.24. The van der Waals surface area contributed by atoms with Crippen LogP contribution in [0.5, 0.6) is 0 Å². The molecular formula is C10H18O2. The second kappa shape index (κ2) is 2.46. The van der Waals surface area contributed by atoms with Crippen molar-refractivity contribution in [2.24, 2.45) is 5.92 Å². The minimum atomic E-state index is -0.263. The summed E-state index contributed by atoms with van der Waals surface area (Å²) in [6, 6.07) is 0. The molecule has 2 aliphatic heterocycles. The van der Waals surface area contributed by atoms with Gasteiger partial charge in [-0.2, -0.15) is 0 Å². The van der Waals surface area contributed by atoms with E-state index in [4.69, 9.17) is 9.47 Å². The third-order valence-electron chi connectivity index (χ3n) is 3.42. The maximum atomic E-state index is 5.95. The predicted octanol–water partition coefficient (Wildman–Crippen LogP) is 2.33. The molecule has 0 saturated carbocycles. The molecule has 0 aromatic carbocycles. The predicted molar refractivity (Wildman–Crippen MR) is 46.9 cm³/mol. The van der Waals surface area contributed by atoms with Gasteiger partial charge in [-0.3, -0.25) is 0 Å². The molecule has 3 atom stereocenters. The molecule has 0 aromatic rings. The zero-order valence-electron chi connectivity index (χ0n) is 8.22. The SMILES string of the molecule is CCC1CCC2(C)OCC1(C)O2. The Kier molecular flexibility index (Phi) is 1.74. The third kappa shape index (κ3) is 1.09. The minimum absolute atomic E-state index is 0.00174. The molecule has 0 N–H and O–H groups in total. The smallest absolute Gasteiger partial charge is 0.166 e. The van der Waals surface area contributed by atoms with E-state index in [1.165, 1.54) is 12.8 Å². The van der Waals surface area contributed by atoms with E-state index >= 15 is 0 Å². The second-order valence-electron chi connectivity index (χ2n) is 4.48. The number of rotatable bonds is 1. The van der Waals surface area contributed by atoms with Crippen LogP contribution in [0.15, 0.2) is 0 Å². The van der Waals surface area contributed by atoms with E-state index < -0.39 is 0 Å². The lowest BCUT2D eigenvalue weighted by Crippen LogP contribution is -2.44. The van der Waals surface area contributed by atoms with Crippen molar-refractivity contribution in [2.45, 2.75) is 51.4 Å². The molecule has 12 heavy (non-hydrogen) atoms. The van der Waals surface area contributed by atoms with Crippen LogP contribution in [0.4, 0.5) is 0 Å². The summed E-state index contributed by atoms with van der Waals surface area (Å²) in [4.78, 5) is 0. The fraction of sp³-hybridized carbons (Fsp3) is 1.00. The molecule has 70 valence electrons. The van der Waals surface area contributed by atoms with Gasteiger partial charge in [-0.25, -0.2) is 0 Å². The zero-order chi connectivity index (χ0) is 8.82. The van der Waals surface area contributed by atoms with Crippen LogP contribution in [-0.2, 0) is 9.47 Å². The highest BCUT2D eigenvalue weighted by atomic mass is 16.8. The van der Waals surface area contributed by atoms with E-state index in [9.17, 15) is 0 Å². The molecule has 2 heteroatoms. The van der Waals surface area contributed by atoms with Crippen LogP contribution in [0.25, 0.3) is 0 Å². The lowest BCUT2D eigenvalue weighted by molar-refractivity contribution is -0.211. The number of hydrogen-bond acceptors (Lipinski definition) is 2. The highest BCUT2D eigenvalue weighted by molar-refractivity contribution is 4.95. The highest BCUT2D eigenvalue weighted by Crippen LogP contribution is 2.46. The molecule has 0 aromatic heterocycles. The first-order valence-electron chi connectivity index (χ1n) is 4.92. The molecule has 2 fully saturated rings. The van der Waals surface area contributed by atoms with E-state index in [0.29, 0.717) is 5.92 Å². The minimum Gasteiger partial charge on any atom is -0.347 e. The molecule has 0 spiro atoms. The standard InChI is InChI=1S/C10H18O2/c1-4-8-5-6-10(3)11-7-9(8,2)12-10/h8H,4-7H2,1-3H3. The van der Waals surface area contributed by atoms with Gasteiger partial charge in [0.2, 0.25) is 0 Å². The van der Waals surface area contributed by atoms with Crippen molar-refractivity contribution in [1.29, 1.82) is 0 Å². The summed E-state index contributed by atoms with van der Waals surface area (Å²) in [6.07, 6.45) is 3.51. The molecule has 2 saturated heterocycles. The molecule has 0 radical (unpaired) electrons. The molecule has 0 aliphatic carbocycles. The molecule has 2 bridgehead atoms. The molecular weight excluding hydrogens is 152 g/mol. The Morgan fingerprint density at radius 1 is 1.42 bits per heavy atom. The van der Waals surface area contributed by atoms with E-state index in [1.807, 2.05) is 0 Å². The van der Waals surface area contributed by atoms with Crippen LogP contribution in [0.1, 0.15) is 40.0 Å². The normalized spacial score (nSPS) is 52.8. The van der Waals surface area contributed by atoms with Gasteiger partial charge in [-0.15, -0.1) is 0 Å². The van der Waals surface area contributed by atoms with Crippen molar-refractivity contribution >= 4 is 0 Å². The third-order valence-corrected chi connectivity index (χ3v) is 3.42.